The topological polar surface area (TPSA) is 283 Å². The van der Waals surface area contributed by atoms with Crippen LogP contribution in [0.2, 0.25) is 0 Å². The molecule has 0 spiro atoms. The average Bonchev–Trinajstić information content (AvgIpc) is 0.820. The first-order chi connectivity index (χ1) is 55.1. The maximum absolute atomic E-state index is 13.8. The Labute approximate surface area is 659 Å². The fourth-order valence-corrected chi connectivity index (χ4v) is 13.0. The normalized spacial score (nSPS) is 12.8. The summed E-state index contributed by atoms with van der Waals surface area (Å²) < 4.78 is 95.4. The van der Waals surface area contributed by atoms with Crippen molar-refractivity contribution in [1.29, 1.82) is 0 Å². The highest BCUT2D eigenvalue weighted by Gasteiger charge is 2.42. The SMILES string of the molecule is CO/N=C/[C@@H](OC(=O)c1ccc(-c2ccccc2)cc1)[C@@H](OC(=O)c1ccc(-c2ccccc2)cc1)[C@H](COC(=O)c1ccc(-c2ccccc2)cc1)OS(C)(=O)=O.CS(=O)(=O)O[C@@H](COC(=O)c1ccc(-c2ccccc2)cc1)[C@H](OC(=O)c1ccc(-c2ccccc2)cc1)[C@@H](C=O)OC(=O)c1ccc(-c2ccccc2)cc1. The van der Waals surface area contributed by atoms with Gasteiger partial charge in [-0.2, -0.15) is 16.8 Å². The van der Waals surface area contributed by atoms with Crippen molar-refractivity contribution in [2.75, 3.05) is 32.8 Å². The van der Waals surface area contributed by atoms with Gasteiger partial charge in [-0.1, -0.05) is 260 Å². The van der Waals surface area contributed by atoms with Crippen LogP contribution in [0.4, 0.5) is 0 Å². The zero-order valence-corrected chi connectivity index (χ0v) is 63.3. The Morgan fingerprint density at radius 2 is 0.491 bits per heavy atom. The van der Waals surface area contributed by atoms with Gasteiger partial charge in [0.05, 0.1) is 52.1 Å². The molecule has 21 nitrogen and oxygen atoms in total. The van der Waals surface area contributed by atoms with Crippen molar-refractivity contribution in [1.82, 2.24) is 0 Å². The van der Waals surface area contributed by atoms with Crippen molar-refractivity contribution in [2.45, 2.75) is 36.6 Å². The van der Waals surface area contributed by atoms with E-state index in [4.69, 9.17) is 41.6 Å². The van der Waals surface area contributed by atoms with Gasteiger partial charge in [0, 0.05) is 0 Å². The highest BCUT2D eigenvalue weighted by molar-refractivity contribution is 7.86. The van der Waals surface area contributed by atoms with Crippen LogP contribution >= 0.6 is 0 Å². The third kappa shape index (κ3) is 23.3. The zero-order chi connectivity index (χ0) is 80.4. The van der Waals surface area contributed by atoms with Gasteiger partial charge in [0.25, 0.3) is 20.2 Å². The van der Waals surface area contributed by atoms with Crippen LogP contribution < -0.4 is 0 Å². The van der Waals surface area contributed by atoms with Crippen molar-refractivity contribution < 1.29 is 92.0 Å². The summed E-state index contributed by atoms with van der Waals surface area (Å²) in [5.41, 5.74) is 11.1. The predicted molar refractivity (Wildman–Crippen MR) is 430 cm³/mol. The molecule has 0 saturated heterocycles. The van der Waals surface area contributed by atoms with E-state index in [1.165, 1.54) is 55.6 Å². The van der Waals surface area contributed by atoms with Gasteiger partial charge in [-0.3, -0.25) is 13.2 Å². The summed E-state index contributed by atoms with van der Waals surface area (Å²) in [6.45, 7) is -1.57. The molecule has 0 fully saturated rings. The second kappa shape index (κ2) is 39.4. The maximum atomic E-state index is 13.8. The van der Waals surface area contributed by atoms with E-state index < -0.39 is 106 Å². The average molecular weight is 1570 g/mol. The molecule has 0 N–H and O–H groups in total. The summed E-state index contributed by atoms with van der Waals surface area (Å²) in [7, 11) is -7.43. The minimum atomic E-state index is -4.35. The molecule has 576 valence electrons. The monoisotopic (exact) mass is 1570 g/mol. The van der Waals surface area contributed by atoms with Gasteiger partial charge in [-0.05, 0) is 140 Å². The lowest BCUT2D eigenvalue weighted by atomic mass is 10.0. The molecular weight excluding hydrogens is 1490 g/mol. The van der Waals surface area contributed by atoms with E-state index in [2.05, 4.69) is 5.16 Å². The molecule has 23 heteroatoms. The standard InChI is InChI=1S/C46H39NO10S.C45H36O10S/c1-53-47-30-41(55-45(49)39-26-20-36(21-27-39)33-14-8-4-9-15-33)43(56-46(50)40-28-22-37(23-29-40)34-16-10-5-11-17-34)42(57-58(2,51)52)31-54-44(48)38-24-18-35(19-25-38)32-12-6-3-7-13-32;1-56(50,51)55-41(30-52-43(47)37-23-17-34(18-24-37)31-11-5-2-6-12-31)42(54-45(49)39-27-21-36(22-28-39)33-15-9-4-10-16-33)40(29-46)53-44(48)38-25-19-35(20-26-38)32-13-7-3-8-14-32/h3-30,41-43H,31H2,1-2H3;2-29,40-42H,30H2,1H3/b47-30+;/t41-,42+,43-;40-,41+,42-/m11/s1. The summed E-state index contributed by atoms with van der Waals surface area (Å²) in [5.74, 6) is -5.42. The molecule has 0 aromatic heterocycles. The lowest BCUT2D eigenvalue weighted by Gasteiger charge is -2.30. The number of nitrogens with zero attached hydrogens (tertiary/aromatic N) is 1. The number of carbonyl (C=O) groups excluding carboxylic acids is 7. The molecule has 0 aliphatic heterocycles. The molecule has 12 aromatic carbocycles. The first-order valence-electron chi connectivity index (χ1n) is 35.6. The van der Waals surface area contributed by atoms with E-state index in [9.17, 15) is 50.4 Å². The second-order valence-corrected chi connectivity index (χ2v) is 28.8. The van der Waals surface area contributed by atoms with Crippen LogP contribution in [0.5, 0.6) is 0 Å². The largest absolute Gasteiger partial charge is 0.459 e. The van der Waals surface area contributed by atoms with Crippen molar-refractivity contribution in [3.63, 3.8) is 0 Å². The minimum Gasteiger partial charge on any atom is -0.459 e. The molecule has 0 heterocycles. The maximum Gasteiger partial charge on any atom is 0.338 e. The van der Waals surface area contributed by atoms with E-state index in [-0.39, 0.29) is 39.7 Å². The highest BCUT2D eigenvalue weighted by atomic mass is 32.2. The molecule has 6 atom stereocenters. The molecule has 0 aliphatic carbocycles. The molecule has 0 bridgehead atoms. The quantitative estimate of drug-likeness (QED) is 0.00974. The van der Waals surface area contributed by atoms with Crippen molar-refractivity contribution >= 4 is 68.6 Å². The van der Waals surface area contributed by atoms with Gasteiger partial charge < -0.3 is 33.3 Å². The Kier molecular flexibility index (Phi) is 28.1. The number of oxime groups is 1. The molecular formula is C91H75NO20S2. The summed E-state index contributed by atoms with van der Waals surface area (Å²) >= 11 is 0. The molecule has 0 unspecified atom stereocenters. The Morgan fingerprint density at radius 1 is 0.289 bits per heavy atom. The van der Waals surface area contributed by atoms with Gasteiger partial charge in [0.1, 0.15) is 20.3 Å². The van der Waals surface area contributed by atoms with E-state index in [1.54, 1.807) is 97.1 Å². The van der Waals surface area contributed by atoms with Crippen LogP contribution in [0.15, 0.2) is 333 Å². The summed E-state index contributed by atoms with van der Waals surface area (Å²) in [4.78, 5) is 98.7. The van der Waals surface area contributed by atoms with Crippen molar-refractivity contribution in [2.24, 2.45) is 5.16 Å². The third-order valence-corrected chi connectivity index (χ3v) is 18.7. The molecule has 0 amide bonds. The lowest BCUT2D eigenvalue weighted by Crippen LogP contribution is -2.48. The zero-order valence-electron chi connectivity index (χ0n) is 61.6. The fourth-order valence-electron chi connectivity index (χ4n) is 11.8. The molecule has 12 aromatic rings. The number of hydrogen-bond acceptors (Lipinski definition) is 21. The van der Waals surface area contributed by atoms with Gasteiger partial charge in [-0.15, -0.1) is 0 Å². The highest BCUT2D eigenvalue weighted by Crippen LogP contribution is 2.29. The lowest BCUT2D eigenvalue weighted by molar-refractivity contribution is -0.128. The molecule has 114 heavy (non-hydrogen) atoms. The Hall–Kier alpha value is -13.6. The van der Waals surface area contributed by atoms with Crippen LogP contribution in [-0.4, -0.2) is 135 Å². The van der Waals surface area contributed by atoms with Crippen LogP contribution in [0, 0.1) is 0 Å². The van der Waals surface area contributed by atoms with Crippen LogP contribution in [0.3, 0.4) is 0 Å². The number of rotatable bonds is 31. The smallest absolute Gasteiger partial charge is 0.338 e. The van der Waals surface area contributed by atoms with Crippen LogP contribution in [-0.2, 0) is 66.7 Å². The number of aldehydes is 1. The summed E-state index contributed by atoms with van der Waals surface area (Å²) in [6.07, 6.45) is -8.01. The number of esters is 6. The second-order valence-electron chi connectivity index (χ2n) is 25.6. The van der Waals surface area contributed by atoms with Gasteiger partial charge in [0.15, 0.2) is 42.9 Å². The van der Waals surface area contributed by atoms with Gasteiger partial charge in [0.2, 0.25) is 0 Å². The first kappa shape index (κ1) is 81.4. The van der Waals surface area contributed by atoms with Crippen molar-refractivity contribution in [3.8, 4) is 66.8 Å². The van der Waals surface area contributed by atoms with E-state index >= 15 is 0 Å². The van der Waals surface area contributed by atoms with Gasteiger partial charge in [-0.25, -0.2) is 28.8 Å². The predicted octanol–water partition coefficient (Wildman–Crippen LogP) is 16.1. The molecule has 0 saturated carbocycles. The molecule has 0 aliphatic rings. The Morgan fingerprint density at radius 3 is 0.711 bits per heavy atom. The molecule has 12 rings (SSSR count). The number of hydrogen-bond donors (Lipinski definition) is 0. The fraction of sp³-hybridized carbons (Fsp3) is 0.121. The van der Waals surface area contributed by atoms with Crippen LogP contribution in [0.1, 0.15) is 62.1 Å². The Balaban J connectivity index is 0.000000225. The third-order valence-electron chi connectivity index (χ3n) is 17.5. The summed E-state index contributed by atoms with van der Waals surface area (Å²) in [5, 5.41) is 3.77. The minimum absolute atomic E-state index is 0.0377. The van der Waals surface area contributed by atoms with E-state index in [0.717, 1.165) is 85.5 Å². The number of carbonyl (C=O) groups is 7. The first-order valence-corrected chi connectivity index (χ1v) is 39.2. The summed E-state index contributed by atoms with van der Waals surface area (Å²) in [6, 6.07) is 95.8. The van der Waals surface area contributed by atoms with E-state index in [0.29, 0.717) is 0 Å². The Bertz CT molecular complexity index is 5480. The van der Waals surface area contributed by atoms with Crippen molar-refractivity contribution in [3.05, 3.63) is 361 Å². The molecule has 0 radical (unpaired) electrons. The van der Waals surface area contributed by atoms with Crippen LogP contribution in [0.25, 0.3) is 66.8 Å². The van der Waals surface area contributed by atoms with E-state index in [1.807, 2.05) is 182 Å². The number of benzene rings is 12. The van der Waals surface area contributed by atoms with Gasteiger partial charge >= 0.3 is 35.8 Å². The number of ether oxygens (including phenoxy) is 6.